The lowest BCUT2D eigenvalue weighted by atomic mass is 10.1. The number of morpholine rings is 1. The minimum Gasteiger partial charge on any atom is -0.372 e. The number of rotatable bonds is 7. The molecule has 1 saturated heterocycles. The molecule has 4 aromatic rings. The number of carbonyl (C=O) groups excluding carboxylic acids is 2. The normalized spacial score (nSPS) is 16.9. The van der Waals surface area contributed by atoms with Crippen LogP contribution < -0.4 is 20.9 Å². The summed E-state index contributed by atoms with van der Waals surface area (Å²) in [6.45, 7) is 5.84. The van der Waals surface area contributed by atoms with Gasteiger partial charge in [-0.2, -0.15) is 0 Å². The Morgan fingerprint density at radius 2 is 1.23 bits per heavy atom. The van der Waals surface area contributed by atoms with Crippen LogP contribution in [-0.2, 0) is 11.8 Å². The Balaban J connectivity index is 1.14. The van der Waals surface area contributed by atoms with E-state index < -0.39 is 0 Å². The maximum Gasteiger partial charge on any atom is 0.272 e. The van der Waals surface area contributed by atoms with Gasteiger partial charge in [0.05, 0.1) is 12.2 Å². The lowest BCUT2D eigenvalue weighted by molar-refractivity contribution is -0.00522. The number of ether oxygens (including phenoxy) is 1. The van der Waals surface area contributed by atoms with Crippen LogP contribution in [0.15, 0.2) is 91.1 Å². The molecule has 2 atom stereocenters. The van der Waals surface area contributed by atoms with Crippen LogP contribution in [0.25, 0.3) is 0 Å². The summed E-state index contributed by atoms with van der Waals surface area (Å²) in [5, 5.41) is 9.20. The van der Waals surface area contributed by atoms with Crippen LogP contribution in [0.2, 0.25) is 0 Å². The number of aromatic nitrogens is 1. The van der Waals surface area contributed by atoms with Gasteiger partial charge in [0.2, 0.25) is 0 Å². The first-order valence-electron chi connectivity index (χ1n) is 13.1. The summed E-state index contributed by atoms with van der Waals surface area (Å²) in [5.41, 5.74) is 5.49. The molecule has 3 N–H and O–H groups in total. The van der Waals surface area contributed by atoms with Crippen molar-refractivity contribution in [1.82, 2.24) is 4.57 Å². The van der Waals surface area contributed by atoms with Gasteiger partial charge in [-0.3, -0.25) is 9.59 Å². The van der Waals surface area contributed by atoms with E-state index in [9.17, 15) is 9.59 Å². The predicted molar refractivity (Wildman–Crippen MR) is 156 cm³/mol. The van der Waals surface area contributed by atoms with Crippen LogP contribution in [0.3, 0.4) is 0 Å². The first kappa shape index (κ1) is 26.1. The molecule has 8 nitrogen and oxygen atoms in total. The van der Waals surface area contributed by atoms with E-state index in [1.807, 2.05) is 92.1 Å². The van der Waals surface area contributed by atoms with Gasteiger partial charge in [-0.25, -0.2) is 0 Å². The third-order valence-electron chi connectivity index (χ3n) is 6.66. The standard InChI is InChI=1S/C31H33N5O3/c1-21-19-36(20-22(2)39-21)28-16-6-23(7-17-28)30(37)33-26-12-8-24(9-13-26)32-25-10-14-27(15-11-25)34-31(38)29-5-4-18-35(29)3/h4-18,21-22,32H,19-20H2,1-3H3,(H,33,37)(H,34,38). The van der Waals surface area contributed by atoms with E-state index >= 15 is 0 Å². The highest BCUT2D eigenvalue weighted by Gasteiger charge is 2.22. The minimum atomic E-state index is -0.154. The molecular weight excluding hydrogens is 490 g/mol. The summed E-state index contributed by atoms with van der Waals surface area (Å²) in [6.07, 6.45) is 2.20. The largest absolute Gasteiger partial charge is 0.372 e. The molecule has 0 saturated carbocycles. The third-order valence-corrected chi connectivity index (χ3v) is 6.66. The van der Waals surface area contributed by atoms with Gasteiger partial charge in [-0.1, -0.05) is 0 Å². The second-order valence-corrected chi connectivity index (χ2v) is 9.90. The van der Waals surface area contributed by atoms with Crippen LogP contribution in [0.4, 0.5) is 28.4 Å². The number of anilines is 5. The number of hydrogen-bond donors (Lipinski definition) is 3. The molecule has 1 fully saturated rings. The highest BCUT2D eigenvalue weighted by molar-refractivity contribution is 6.04. The van der Waals surface area contributed by atoms with Crippen LogP contribution >= 0.6 is 0 Å². The summed E-state index contributed by atoms with van der Waals surface area (Å²) in [5.74, 6) is -0.308. The van der Waals surface area contributed by atoms with Crippen LogP contribution in [0.1, 0.15) is 34.7 Å². The molecule has 39 heavy (non-hydrogen) atoms. The molecule has 1 aromatic heterocycles. The fourth-order valence-electron chi connectivity index (χ4n) is 4.75. The maximum atomic E-state index is 12.8. The lowest BCUT2D eigenvalue weighted by Gasteiger charge is -2.36. The Morgan fingerprint density at radius 1 is 0.718 bits per heavy atom. The van der Waals surface area contributed by atoms with Crippen molar-refractivity contribution in [3.8, 4) is 0 Å². The zero-order valence-electron chi connectivity index (χ0n) is 22.3. The number of carbonyl (C=O) groups is 2. The smallest absolute Gasteiger partial charge is 0.272 e. The molecule has 0 radical (unpaired) electrons. The van der Waals surface area contributed by atoms with E-state index in [0.29, 0.717) is 22.6 Å². The quantitative estimate of drug-likeness (QED) is 0.281. The van der Waals surface area contributed by atoms with Gasteiger partial charge in [-0.05, 0) is 98.8 Å². The van der Waals surface area contributed by atoms with E-state index in [1.54, 1.807) is 10.6 Å². The molecular formula is C31H33N5O3. The number of amides is 2. The van der Waals surface area contributed by atoms with Gasteiger partial charge in [0.25, 0.3) is 11.8 Å². The van der Waals surface area contributed by atoms with Crippen molar-refractivity contribution in [2.24, 2.45) is 7.05 Å². The molecule has 0 spiro atoms. The predicted octanol–water partition coefficient (Wildman–Crippen LogP) is 5.89. The van der Waals surface area contributed by atoms with Crippen LogP contribution in [0, 0.1) is 0 Å². The molecule has 0 aliphatic carbocycles. The monoisotopic (exact) mass is 523 g/mol. The molecule has 2 heterocycles. The first-order valence-corrected chi connectivity index (χ1v) is 13.1. The number of nitrogens with one attached hydrogen (secondary N) is 3. The second kappa shape index (κ2) is 11.4. The Kier molecular flexibility index (Phi) is 7.65. The Labute approximate surface area is 228 Å². The molecule has 3 aromatic carbocycles. The van der Waals surface area contributed by atoms with Crippen molar-refractivity contribution >= 4 is 40.3 Å². The van der Waals surface area contributed by atoms with Gasteiger partial charge in [0, 0.05) is 60.3 Å². The SMILES string of the molecule is CC1CN(c2ccc(C(=O)Nc3ccc(Nc4ccc(NC(=O)c5cccn5C)cc4)cc3)cc2)CC(C)O1. The van der Waals surface area contributed by atoms with E-state index in [0.717, 1.165) is 30.2 Å². The van der Waals surface area contributed by atoms with Gasteiger partial charge in [0.1, 0.15) is 5.69 Å². The molecule has 1 aliphatic rings. The Morgan fingerprint density at radius 3 is 1.74 bits per heavy atom. The summed E-state index contributed by atoms with van der Waals surface area (Å²) in [7, 11) is 1.84. The van der Waals surface area contributed by atoms with E-state index in [4.69, 9.17) is 4.74 Å². The van der Waals surface area contributed by atoms with Crippen molar-refractivity contribution in [1.29, 1.82) is 0 Å². The molecule has 200 valence electrons. The molecule has 8 heteroatoms. The van der Waals surface area contributed by atoms with Crippen LogP contribution in [-0.4, -0.2) is 41.7 Å². The summed E-state index contributed by atoms with van der Waals surface area (Å²) in [4.78, 5) is 27.5. The van der Waals surface area contributed by atoms with Crippen molar-refractivity contribution < 1.29 is 14.3 Å². The van der Waals surface area contributed by atoms with Gasteiger partial charge in [-0.15, -0.1) is 0 Å². The van der Waals surface area contributed by atoms with Crippen molar-refractivity contribution in [3.05, 3.63) is 102 Å². The topological polar surface area (TPSA) is 87.6 Å². The van der Waals surface area contributed by atoms with E-state index in [2.05, 4.69) is 34.7 Å². The van der Waals surface area contributed by atoms with Crippen LogP contribution in [0.5, 0.6) is 0 Å². The fraction of sp³-hybridized carbons (Fsp3) is 0.226. The van der Waals surface area contributed by atoms with Gasteiger partial charge >= 0.3 is 0 Å². The Bertz CT molecular complexity index is 1420. The van der Waals surface area contributed by atoms with Gasteiger partial charge < -0.3 is 30.2 Å². The number of aryl methyl sites for hydroxylation is 1. The average Bonchev–Trinajstić information content (AvgIpc) is 3.36. The highest BCUT2D eigenvalue weighted by Crippen LogP contribution is 2.23. The Hall–Kier alpha value is -4.56. The molecule has 2 unspecified atom stereocenters. The number of nitrogens with zero attached hydrogens (tertiary/aromatic N) is 2. The molecule has 1 aliphatic heterocycles. The molecule has 0 bridgehead atoms. The number of hydrogen-bond acceptors (Lipinski definition) is 5. The third kappa shape index (κ3) is 6.48. The summed E-state index contributed by atoms with van der Waals surface area (Å²) < 4.78 is 7.59. The minimum absolute atomic E-state index is 0.154. The molecule has 5 rings (SSSR count). The summed E-state index contributed by atoms with van der Waals surface area (Å²) >= 11 is 0. The van der Waals surface area contributed by atoms with E-state index in [-0.39, 0.29) is 24.0 Å². The molecule has 2 amide bonds. The first-order chi connectivity index (χ1) is 18.8. The fourth-order valence-corrected chi connectivity index (χ4v) is 4.75. The zero-order valence-corrected chi connectivity index (χ0v) is 22.3. The highest BCUT2D eigenvalue weighted by atomic mass is 16.5. The van der Waals surface area contributed by atoms with Crippen molar-refractivity contribution in [2.75, 3.05) is 33.9 Å². The maximum absolute atomic E-state index is 12.8. The zero-order chi connectivity index (χ0) is 27.4. The summed E-state index contributed by atoms with van der Waals surface area (Å²) in [6, 6.07) is 26.4. The lowest BCUT2D eigenvalue weighted by Crippen LogP contribution is -2.45. The number of benzene rings is 3. The van der Waals surface area contributed by atoms with E-state index in [1.165, 1.54) is 0 Å². The van der Waals surface area contributed by atoms with Crippen molar-refractivity contribution in [2.45, 2.75) is 26.1 Å². The average molecular weight is 524 g/mol. The van der Waals surface area contributed by atoms with Gasteiger partial charge in [0.15, 0.2) is 0 Å². The van der Waals surface area contributed by atoms with Crippen molar-refractivity contribution in [3.63, 3.8) is 0 Å². The second-order valence-electron chi connectivity index (χ2n) is 9.90.